The third-order valence-corrected chi connectivity index (χ3v) is 4.10. The Bertz CT molecular complexity index is 360. The highest BCUT2D eigenvalue weighted by molar-refractivity contribution is 6.00. The van der Waals surface area contributed by atoms with E-state index in [0.29, 0.717) is 6.42 Å². The number of carbonyl (C=O) groups is 3. The van der Waals surface area contributed by atoms with Gasteiger partial charge in [-0.05, 0) is 25.2 Å². The first kappa shape index (κ1) is 9.07. The van der Waals surface area contributed by atoms with Gasteiger partial charge in [-0.25, -0.2) is 0 Å². The van der Waals surface area contributed by atoms with Crippen molar-refractivity contribution < 1.29 is 19.1 Å². The summed E-state index contributed by atoms with van der Waals surface area (Å²) in [6.07, 6.45) is 2.93. The number of hydrogen-bond acceptors (Lipinski definition) is 4. The molecule has 4 fully saturated rings. The van der Waals surface area contributed by atoms with Crippen LogP contribution in [0.2, 0.25) is 0 Å². The van der Waals surface area contributed by atoms with Crippen molar-refractivity contribution in [3.05, 3.63) is 0 Å². The highest BCUT2D eigenvalue weighted by atomic mass is 16.6. The molecule has 0 radical (unpaired) electrons. The van der Waals surface area contributed by atoms with E-state index in [-0.39, 0.29) is 23.5 Å². The molecule has 15 heavy (non-hydrogen) atoms. The summed E-state index contributed by atoms with van der Waals surface area (Å²) in [5.74, 6) is -1.53. The van der Waals surface area contributed by atoms with Crippen LogP contribution in [-0.2, 0) is 19.1 Å². The SMILES string of the molecule is O=C1OC(=O)[C@@H]2[C@H]1[C@@H]1CCC(=O)[C@@H]2CC1. The monoisotopic (exact) mass is 208 g/mol. The number of Topliss-reactive ketones (excluding diaryl/α,β-unsaturated/α-hetero) is 1. The van der Waals surface area contributed by atoms with E-state index in [1.165, 1.54) is 0 Å². The number of ether oxygens (including phenoxy) is 1. The third-order valence-electron chi connectivity index (χ3n) is 4.10. The Morgan fingerprint density at radius 2 is 1.67 bits per heavy atom. The number of cyclic esters (lactones) is 2. The summed E-state index contributed by atoms with van der Waals surface area (Å²) in [5, 5.41) is 0. The average Bonchev–Trinajstić information content (AvgIpc) is 2.39. The van der Waals surface area contributed by atoms with Gasteiger partial charge in [0.05, 0.1) is 11.8 Å². The van der Waals surface area contributed by atoms with Gasteiger partial charge in [-0.15, -0.1) is 0 Å². The lowest BCUT2D eigenvalue weighted by molar-refractivity contribution is -0.155. The number of ketones is 1. The molecule has 80 valence electrons. The second-order valence-electron chi connectivity index (χ2n) is 4.74. The lowest BCUT2D eigenvalue weighted by atomic mass is 9.69. The predicted octanol–water partition coefficient (Wildman–Crippen LogP) is 0.691. The summed E-state index contributed by atoms with van der Waals surface area (Å²) >= 11 is 0. The fourth-order valence-electron chi connectivity index (χ4n) is 3.38. The standard InChI is InChI=1S/C11H12O4/c12-7-4-2-5-1-3-6(7)9-8(5)10(13)15-11(9)14/h5-6,8-9H,1-4H2/t5-,6-,8+,9-/m0/s1. The molecule has 0 aromatic carbocycles. The Hall–Kier alpha value is -1.19. The van der Waals surface area contributed by atoms with Crippen molar-refractivity contribution in [2.75, 3.05) is 0 Å². The van der Waals surface area contributed by atoms with Gasteiger partial charge in [-0.1, -0.05) is 0 Å². The van der Waals surface area contributed by atoms with E-state index in [0.717, 1.165) is 19.3 Å². The number of fused-ring (bicyclic) bond motifs is 3. The van der Waals surface area contributed by atoms with Crippen LogP contribution in [0.1, 0.15) is 25.7 Å². The molecular weight excluding hydrogens is 196 g/mol. The molecule has 3 saturated carbocycles. The number of carbonyl (C=O) groups excluding carboxylic acids is 3. The van der Waals surface area contributed by atoms with Gasteiger partial charge in [-0.2, -0.15) is 0 Å². The zero-order valence-corrected chi connectivity index (χ0v) is 8.27. The zero-order chi connectivity index (χ0) is 10.6. The van der Waals surface area contributed by atoms with Gasteiger partial charge in [0.2, 0.25) is 0 Å². The molecule has 4 atom stereocenters. The van der Waals surface area contributed by atoms with Gasteiger partial charge in [-0.3, -0.25) is 14.4 Å². The van der Waals surface area contributed by atoms with Gasteiger partial charge in [0.15, 0.2) is 0 Å². The summed E-state index contributed by atoms with van der Waals surface area (Å²) < 4.78 is 4.66. The summed E-state index contributed by atoms with van der Waals surface area (Å²) in [7, 11) is 0. The molecule has 0 unspecified atom stereocenters. The van der Waals surface area contributed by atoms with Crippen LogP contribution in [0.3, 0.4) is 0 Å². The van der Waals surface area contributed by atoms with Gasteiger partial charge in [0.1, 0.15) is 5.78 Å². The van der Waals surface area contributed by atoms with E-state index in [9.17, 15) is 14.4 Å². The molecule has 0 aromatic rings. The normalized spacial score (nSPS) is 43.9. The van der Waals surface area contributed by atoms with Crippen molar-refractivity contribution in [2.24, 2.45) is 23.7 Å². The predicted molar refractivity (Wildman–Crippen MR) is 48.5 cm³/mol. The van der Waals surface area contributed by atoms with Crippen molar-refractivity contribution in [3.8, 4) is 0 Å². The fraction of sp³-hybridized carbons (Fsp3) is 0.727. The number of esters is 2. The van der Waals surface area contributed by atoms with Crippen LogP contribution in [-0.4, -0.2) is 17.7 Å². The van der Waals surface area contributed by atoms with Gasteiger partial charge in [0.25, 0.3) is 0 Å². The molecule has 4 nitrogen and oxygen atoms in total. The van der Waals surface area contributed by atoms with Gasteiger partial charge >= 0.3 is 11.9 Å². The minimum Gasteiger partial charge on any atom is -0.393 e. The maximum atomic E-state index is 11.7. The molecule has 0 spiro atoms. The molecule has 1 heterocycles. The lowest BCUT2D eigenvalue weighted by Crippen LogP contribution is -2.36. The lowest BCUT2D eigenvalue weighted by Gasteiger charge is -2.30. The largest absolute Gasteiger partial charge is 0.393 e. The smallest absolute Gasteiger partial charge is 0.318 e. The Kier molecular flexibility index (Phi) is 1.75. The first-order valence-corrected chi connectivity index (χ1v) is 5.46. The van der Waals surface area contributed by atoms with Crippen molar-refractivity contribution in [2.45, 2.75) is 25.7 Å². The van der Waals surface area contributed by atoms with Gasteiger partial charge in [0, 0.05) is 12.3 Å². The molecule has 4 heteroatoms. The Labute approximate surface area is 87.0 Å². The van der Waals surface area contributed by atoms with Crippen LogP contribution in [0.15, 0.2) is 0 Å². The van der Waals surface area contributed by atoms with Crippen molar-refractivity contribution in [3.63, 3.8) is 0 Å². The highest BCUT2D eigenvalue weighted by Crippen LogP contribution is 2.49. The van der Waals surface area contributed by atoms with Crippen LogP contribution in [0.5, 0.6) is 0 Å². The van der Waals surface area contributed by atoms with E-state index in [1.54, 1.807) is 0 Å². The molecule has 0 aromatic heterocycles. The van der Waals surface area contributed by atoms with E-state index in [1.807, 2.05) is 0 Å². The van der Waals surface area contributed by atoms with Crippen LogP contribution in [0, 0.1) is 23.7 Å². The van der Waals surface area contributed by atoms with E-state index in [2.05, 4.69) is 4.74 Å². The molecule has 2 bridgehead atoms. The minimum absolute atomic E-state index is 0.150. The maximum Gasteiger partial charge on any atom is 0.318 e. The van der Waals surface area contributed by atoms with Crippen LogP contribution >= 0.6 is 0 Å². The molecule has 0 amide bonds. The second-order valence-corrected chi connectivity index (χ2v) is 4.74. The summed E-state index contributed by atoms with van der Waals surface area (Å²) in [4.78, 5) is 34.8. The van der Waals surface area contributed by atoms with Crippen LogP contribution in [0.25, 0.3) is 0 Å². The molecule has 3 aliphatic carbocycles. The molecule has 0 N–H and O–H groups in total. The Morgan fingerprint density at radius 1 is 0.933 bits per heavy atom. The zero-order valence-electron chi connectivity index (χ0n) is 8.27. The van der Waals surface area contributed by atoms with Crippen molar-refractivity contribution in [1.82, 2.24) is 0 Å². The first-order valence-electron chi connectivity index (χ1n) is 5.46. The molecule has 4 rings (SSSR count). The first-order chi connectivity index (χ1) is 7.18. The molecule has 4 aliphatic rings. The Morgan fingerprint density at radius 3 is 2.47 bits per heavy atom. The highest BCUT2D eigenvalue weighted by Gasteiger charge is 2.57. The number of rotatable bonds is 0. The summed E-state index contributed by atoms with van der Waals surface area (Å²) in [6, 6.07) is 0. The van der Waals surface area contributed by atoms with Crippen molar-refractivity contribution in [1.29, 1.82) is 0 Å². The van der Waals surface area contributed by atoms with E-state index in [4.69, 9.17) is 0 Å². The quantitative estimate of drug-likeness (QED) is 0.434. The topological polar surface area (TPSA) is 60.4 Å². The van der Waals surface area contributed by atoms with Crippen molar-refractivity contribution >= 4 is 17.7 Å². The minimum atomic E-state index is -0.463. The molecule has 1 aliphatic heterocycles. The van der Waals surface area contributed by atoms with Crippen LogP contribution in [0.4, 0.5) is 0 Å². The van der Waals surface area contributed by atoms with Crippen LogP contribution < -0.4 is 0 Å². The molecule has 1 saturated heterocycles. The van der Waals surface area contributed by atoms with E-state index < -0.39 is 17.9 Å². The fourth-order valence-corrected chi connectivity index (χ4v) is 3.38. The average molecular weight is 208 g/mol. The summed E-state index contributed by atoms with van der Waals surface area (Å²) in [6.45, 7) is 0. The molecular formula is C11H12O4. The third kappa shape index (κ3) is 1.10. The summed E-state index contributed by atoms with van der Waals surface area (Å²) in [5.41, 5.74) is 0. The van der Waals surface area contributed by atoms with E-state index >= 15 is 0 Å². The second kappa shape index (κ2) is 2.90. The Balaban J connectivity index is 2.05. The maximum absolute atomic E-state index is 11.7. The number of hydrogen-bond donors (Lipinski definition) is 0. The van der Waals surface area contributed by atoms with Gasteiger partial charge < -0.3 is 4.74 Å².